The maximum absolute atomic E-state index is 11.4. The summed E-state index contributed by atoms with van der Waals surface area (Å²) in [5.41, 5.74) is 17.6. The minimum absolute atomic E-state index is 0.437. The van der Waals surface area contributed by atoms with Gasteiger partial charge >= 0.3 is 0 Å². The van der Waals surface area contributed by atoms with Gasteiger partial charge in [0.05, 0.1) is 12.2 Å². The van der Waals surface area contributed by atoms with Crippen LogP contribution in [0.5, 0.6) is 0 Å². The summed E-state index contributed by atoms with van der Waals surface area (Å²) in [4.78, 5) is 11.4. The molecule has 4 rings (SSSR count). The molecular formula is C23H20N4O. The SMILES string of the molecule is NC(=O)c1cccc(Cn2ccc(-c3cc(-c4ccccc4)ccc3N)n2)c1. The number of carbonyl (C=O) groups excluding carboxylic acids is 1. The van der Waals surface area contributed by atoms with Crippen molar-refractivity contribution in [1.82, 2.24) is 9.78 Å². The molecule has 0 aliphatic carbocycles. The third kappa shape index (κ3) is 3.64. The van der Waals surface area contributed by atoms with Crippen LogP contribution in [-0.4, -0.2) is 15.7 Å². The van der Waals surface area contributed by atoms with Crippen molar-refractivity contribution in [2.45, 2.75) is 6.54 Å². The van der Waals surface area contributed by atoms with Gasteiger partial charge in [-0.1, -0.05) is 48.5 Å². The quantitative estimate of drug-likeness (QED) is 0.523. The van der Waals surface area contributed by atoms with Crippen LogP contribution in [0.15, 0.2) is 85.1 Å². The molecule has 138 valence electrons. The number of hydrogen-bond donors (Lipinski definition) is 2. The van der Waals surface area contributed by atoms with Gasteiger partial charge < -0.3 is 11.5 Å². The molecule has 0 spiro atoms. The van der Waals surface area contributed by atoms with E-state index in [1.807, 2.05) is 59.4 Å². The Morgan fingerprint density at radius 2 is 1.71 bits per heavy atom. The molecule has 5 heteroatoms. The van der Waals surface area contributed by atoms with E-state index in [0.29, 0.717) is 17.8 Å². The van der Waals surface area contributed by atoms with E-state index >= 15 is 0 Å². The largest absolute Gasteiger partial charge is 0.398 e. The molecule has 28 heavy (non-hydrogen) atoms. The van der Waals surface area contributed by atoms with Crippen LogP contribution in [0.25, 0.3) is 22.4 Å². The fourth-order valence-corrected chi connectivity index (χ4v) is 3.19. The Labute approximate surface area is 163 Å². The molecule has 0 atom stereocenters. The maximum atomic E-state index is 11.4. The molecule has 4 N–H and O–H groups in total. The Balaban J connectivity index is 1.63. The number of benzene rings is 3. The second-order valence-corrected chi connectivity index (χ2v) is 6.63. The fourth-order valence-electron chi connectivity index (χ4n) is 3.19. The maximum Gasteiger partial charge on any atom is 0.248 e. The monoisotopic (exact) mass is 368 g/mol. The molecule has 0 aliphatic heterocycles. The van der Waals surface area contributed by atoms with Gasteiger partial charge in [-0.25, -0.2) is 0 Å². The fraction of sp³-hybridized carbons (Fsp3) is 0.0435. The number of nitrogens with zero attached hydrogens (tertiary/aromatic N) is 2. The zero-order valence-electron chi connectivity index (χ0n) is 15.2. The van der Waals surface area contributed by atoms with Crippen molar-refractivity contribution in [3.63, 3.8) is 0 Å². The Bertz CT molecular complexity index is 1130. The van der Waals surface area contributed by atoms with Crippen LogP contribution in [0.1, 0.15) is 15.9 Å². The van der Waals surface area contributed by atoms with Crippen molar-refractivity contribution < 1.29 is 4.79 Å². The number of anilines is 1. The lowest BCUT2D eigenvalue weighted by atomic mass is 10.0. The summed E-state index contributed by atoms with van der Waals surface area (Å²) >= 11 is 0. The van der Waals surface area contributed by atoms with Gasteiger partial charge in [-0.05, 0) is 47.0 Å². The van der Waals surface area contributed by atoms with Gasteiger partial charge in [0, 0.05) is 23.0 Å². The van der Waals surface area contributed by atoms with Crippen molar-refractivity contribution in [3.05, 3.63) is 96.2 Å². The van der Waals surface area contributed by atoms with E-state index in [0.717, 1.165) is 27.9 Å². The predicted molar refractivity (Wildman–Crippen MR) is 112 cm³/mol. The van der Waals surface area contributed by atoms with E-state index in [1.165, 1.54) is 0 Å². The zero-order valence-corrected chi connectivity index (χ0v) is 15.2. The first-order chi connectivity index (χ1) is 13.6. The second kappa shape index (κ2) is 7.40. The number of aromatic nitrogens is 2. The highest BCUT2D eigenvalue weighted by Gasteiger charge is 2.09. The summed E-state index contributed by atoms with van der Waals surface area (Å²) in [5, 5.41) is 4.67. The first-order valence-electron chi connectivity index (χ1n) is 8.98. The summed E-state index contributed by atoms with van der Waals surface area (Å²) < 4.78 is 1.82. The van der Waals surface area contributed by atoms with E-state index < -0.39 is 5.91 Å². The van der Waals surface area contributed by atoms with Crippen LogP contribution in [0.4, 0.5) is 5.69 Å². The Hall–Kier alpha value is -3.86. The number of nitrogens with two attached hydrogens (primary N) is 2. The number of nitrogen functional groups attached to an aromatic ring is 1. The molecule has 4 aromatic rings. The van der Waals surface area contributed by atoms with E-state index in [9.17, 15) is 4.79 Å². The standard InChI is InChI=1S/C23H20N4O/c24-21-10-9-18(17-6-2-1-3-7-17)14-20(21)22-11-12-27(26-22)15-16-5-4-8-19(13-16)23(25)28/h1-14H,15,24H2,(H2,25,28). The second-order valence-electron chi connectivity index (χ2n) is 6.63. The van der Waals surface area contributed by atoms with E-state index in [4.69, 9.17) is 11.5 Å². The lowest BCUT2D eigenvalue weighted by Gasteiger charge is -2.08. The minimum atomic E-state index is -0.437. The lowest BCUT2D eigenvalue weighted by molar-refractivity contribution is 0.1000. The van der Waals surface area contributed by atoms with Gasteiger partial charge in [0.25, 0.3) is 0 Å². The molecule has 0 radical (unpaired) electrons. The molecule has 1 aromatic heterocycles. The van der Waals surface area contributed by atoms with E-state index in [2.05, 4.69) is 23.3 Å². The van der Waals surface area contributed by atoms with E-state index in [1.54, 1.807) is 12.1 Å². The Kier molecular flexibility index (Phi) is 4.64. The smallest absolute Gasteiger partial charge is 0.248 e. The highest BCUT2D eigenvalue weighted by atomic mass is 16.1. The number of primary amides is 1. The molecule has 3 aromatic carbocycles. The average molecular weight is 368 g/mol. The Morgan fingerprint density at radius 1 is 0.893 bits per heavy atom. The van der Waals surface area contributed by atoms with E-state index in [-0.39, 0.29) is 0 Å². The highest BCUT2D eigenvalue weighted by Crippen LogP contribution is 2.30. The first-order valence-corrected chi connectivity index (χ1v) is 8.98. The van der Waals surface area contributed by atoms with Crippen LogP contribution < -0.4 is 11.5 Å². The molecule has 0 unspecified atom stereocenters. The third-order valence-corrected chi connectivity index (χ3v) is 4.63. The average Bonchev–Trinajstić information content (AvgIpc) is 3.17. The van der Waals surface area contributed by atoms with Crippen LogP contribution in [-0.2, 0) is 6.54 Å². The van der Waals surface area contributed by atoms with Gasteiger partial charge in [-0.2, -0.15) is 5.10 Å². The van der Waals surface area contributed by atoms with Crippen LogP contribution in [0.3, 0.4) is 0 Å². The van der Waals surface area contributed by atoms with Crippen LogP contribution >= 0.6 is 0 Å². The lowest BCUT2D eigenvalue weighted by Crippen LogP contribution is -2.11. The molecular weight excluding hydrogens is 348 g/mol. The van der Waals surface area contributed by atoms with Crippen LogP contribution in [0, 0.1) is 0 Å². The van der Waals surface area contributed by atoms with Gasteiger partial charge in [-0.3, -0.25) is 9.48 Å². The molecule has 0 aliphatic rings. The van der Waals surface area contributed by atoms with Gasteiger partial charge in [-0.15, -0.1) is 0 Å². The van der Waals surface area contributed by atoms with Gasteiger partial charge in [0.15, 0.2) is 0 Å². The molecule has 0 fully saturated rings. The number of amides is 1. The summed E-state index contributed by atoms with van der Waals surface area (Å²) in [5.74, 6) is -0.437. The third-order valence-electron chi connectivity index (χ3n) is 4.63. The molecule has 1 amide bonds. The summed E-state index contributed by atoms with van der Waals surface area (Å²) in [7, 11) is 0. The molecule has 0 saturated heterocycles. The summed E-state index contributed by atoms with van der Waals surface area (Å²) in [6, 6.07) is 25.3. The zero-order chi connectivity index (χ0) is 19.5. The minimum Gasteiger partial charge on any atom is -0.398 e. The van der Waals surface area contributed by atoms with Crippen molar-refractivity contribution in [1.29, 1.82) is 0 Å². The van der Waals surface area contributed by atoms with Crippen molar-refractivity contribution in [2.24, 2.45) is 5.73 Å². The number of hydrogen-bond acceptors (Lipinski definition) is 3. The van der Waals surface area contributed by atoms with Crippen LogP contribution in [0.2, 0.25) is 0 Å². The molecule has 1 heterocycles. The molecule has 0 saturated carbocycles. The topological polar surface area (TPSA) is 86.9 Å². The van der Waals surface area contributed by atoms with Crippen molar-refractivity contribution >= 4 is 11.6 Å². The first kappa shape index (κ1) is 17.5. The highest BCUT2D eigenvalue weighted by molar-refractivity contribution is 5.92. The summed E-state index contributed by atoms with van der Waals surface area (Å²) in [6.45, 7) is 0.541. The number of carbonyl (C=O) groups is 1. The normalized spacial score (nSPS) is 10.7. The number of rotatable bonds is 5. The predicted octanol–water partition coefficient (Wildman–Crippen LogP) is 3.95. The van der Waals surface area contributed by atoms with Gasteiger partial charge in [0.1, 0.15) is 0 Å². The van der Waals surface area contributed by atoms with Gasteiger partial charge in [0.2, 0.25) is 5.91 Å². The molecule has 0 bridgehead atoms. The molecule has 5 nitrogen and oxygen atoms in total. The summed E-state index contributed by atoms with van der Waals surface area (Å²) in [6.07, 6.45) is 1.90. The van der Waals surface area contributed by atoms with Crippen molar-refractivity contribution in [2.75, 3.05) is 5.73 Å². The van der Waals surface area contributed by atoms with Crippen molar-refractivity contribution in [3.8, 4) is 22.4 Å². The Morgan fingerprint density at radius 3 is 2.50 bits per heavy atom.